The van der Waals surface area contributed by atoms with E-state index < -0.39 is 24.9 Å². The Morgan fingerprint density at radius 1 is 0.714 bits per heavy atom. The van der Waals surface area contributed by atoms with Crippen molar-refractivity contribution in [1.82, 2.24) is 0 Å². The summed E-state index contributed by atoms with van der Waals surface area (Å²) in [6.45, 7) is 4.10. The average molecular weight is 501 g/mol. The highest BCUT2D eigenvalue weighted by molar-refractivity contribution is 5.69. The number of aliphatic hydroxyl groups is 3. The molecular weight excluding hydrogens is 444 g/mol. The van der Waals surface area contributed by atoms with E-state index in [-0.39, 0.29) is 19.0 Å². The quantitative estimate of drug-likeness (QED) is 0.0738. The fourth-order valence-electron chi connectivity index (χ4n) is 4.05. The average Bonchev–Trinajstić information content (AvgIpc) is 2.86. The second kappa shape index (κ2) is 26.1. The second-order valence-electron chi connectivity index (χ2n) is 9.73. The van der Waals surface area contributed by atoms with Crippen LogP contribution in [0.5, 0.6) is 0 Å². The molecule has 0 amide bonds. The number of unbranched alkanes of at least 4 members (excludes halogenated alkanes) is 13. The van der Waals surface area contributed by atoms with Gasteiger partial charge < -0.3 is 24.8 Å². The molecule has 3 N–H and O–H groups in total. The van der Waals surface area contributed by atoms with Gasteiger partial charge in [0.2, 0.25) is 0 Å². The summed E-state index contributed by atoms with van der Waals surface area (Å²) in [6, 6.07) is 0. The van der Waals surface area contributed by atoms with Gasteiger partial charge in [-0.1, -0.05) is 90.2 Å². The molecule has 6 heteroatoms. The third kappa shape index (κ3) is 22.0. The van der Waals surface area contributed by atoms with Gasteiger partial charge in [0, 0.05) is 19.4 Å². The number of carbonyl (C=O) groups excluding carboxylic acids is 1. The third-order valence-electron chi connectivity index (χ3n) is 6.32. The maximum absolute atomic E-state index is 12.3. The summed E-state index contributed by atoms with van der Waals surface area (Å²) in [5.74, 6) is -0.339. The molecule has 0 aromatic heterocycles. The molecule has 0 aromatic rings. The number of carbonyl (C=O) groups is 1. The second-order valence-corrected chi connectivity index (χ2v) is 9.73. The van der Waals surface area contributed by atoms with E-state index in [2.05, 4.69) is 26.0 Å². The van der Waals surface area contributed by atoms with Gasteiger partial charge in [-0.2, -0.15) is 0 Å². The van der Waals surface area contributed by atoms with E-state index in [4.69, 9.17) is 9.47 Å². The lowest BCUT2D eigenvalue weighted by atomic mass is 10.1. The fraction of sp³-hybridized carbons (Fsp3) is 0.897. The molecule has 0 saturated carbocycles. The topological polar surface area (TPSA) is 96.2 Å². The lowest BCUT2D eigenvalue weighted by Gasteiger charge is -2.27. The number of hydrogen-bond donors (Lipinski definition) is 3. The normalized spacial score (nSPS) is 14.3. The van der Waals surface area contributed by atoms with Crippen molar-refractivity contribution in [3.63, 3.8) is 0 Å². The largest absolute Gasteiger partial charge is 0.459 e. The van der Waals surface area contributed by atoms with Crippen molar-refractivity contribution < 1.29 is 29.6 Å². The summed E-state index contributed by atoms with van der Waals surface area (Å²) in [5, 5.41) is 28.7. The summed E-state index contributed by atoms with van der Waals surface area (Å²) in [7, 11) is 0. The Labute approximate surface area is 215 Å². The van der Waals surface area contributed by atoms with Gasteiger partial charge in [-0.05, 0) is 38.5 Å². The van der Waals surface area contributed by atoms with E-state index in [0.717, 1.165) is 44.9 Å². The molecular formula is C29H56O6. The van der Waals surface area contributed by atoms with Crippen LogP contribution in [0.4, 0.5) is 0 Å². The van der Waals surface area contributed by atoms with Crippen LogP contribution in [0.15, 0.2) is 12.2 Å². The van der Waals surface area contributed by atoms with Gasteiger partial charge in [0.25, 0.3) is 0 Å². The van der Waals surface area contributed by atoms with Crippen molar-refractivity contribution in [3.05, 3.63) is 12.2 Å². The number of allylic oxidation sites excluding steroid dienone is 2. The Morgan fingerprint density at radius 3 is 1.83 bits per heavy atom. The van der Waals surface area contributed by atoms with E-state index in [9.17, 15) is 20.1 Å². The molecule has 208 valence electrons. The minimum absolute atomic E-state index is 0.0492. The van der Waals surface area contributed by atoms with Crippen LogP contribution in [0.1, 0.15) is 129 Å². The Morgan fingerprint density at radius 2 is 1.26 bits per heavy atom. The molecule has 0 bridgehead atoms. The van der Waals surface area contributed by atoms with Crippen LogP contribution in [0.3, 0.4) is 0 Å². The standard InChI is InChI=1S/C29H56O6/c1-3-5-7-8-9-10-11-12-13-14-15-16-17-18-19-21-29(33)35-27(23-26(32)24-30)28(25-31)34-22-20-6-4-2/h12-13,26-28,30-32H,3-11,14-25H2,1-2H3/b13-12-. The lowest BCUT2D eigenvalue weighted by molar-refractivity contribution is -0.163. The molecule has 0 rings (SSSR count). The van der Waals surface area contributed by atoms with Crippen molar-refractivity contribution >= 4 is 5.97 Å². The molecule has 0 aliphatic rings. The molecule has 0 fully saturated rings. The van der Waals surface area contributed by atoms with Gasteiger partial charge in [0.15, 0.2) is 0 Å². The number of rotatable bonds is 26. The first-order valence-electron chi connectivity index (χ1n) is 14.4. The van der Waals surface area contributed by atoms with Crippen molar-refractivity contribution in [3.8, 4) is 0 Å². The van der Waals surface area contributed by atoms with Gasteiger partial charge in [-0.3, -0.25) is 4.79 Å². The van der Waals surface area contributed by atoms with Crippen LogP contribution in [0, 0.1) is 0 Å². The zero-order chi connectivity index (χ0) is 26.0. The summed E-state index contributed by atoms with van der Waals surface area (Å²) in [5.41, 5.74) is 0. The first-order chi connectivity index (χ1) is 17.1. The fourth-order valence-corrected chi connectivity index (χ4v) is 4.05. The summed E-state index contributed by atoms with van der Waals surface area (Å²) in [4.78, 5) is 12.3. The first kappa shape index (κ1) is 34.0. The number of hydrogen-bond acceptors (Lipinski definition) is 6. The highest BCUT2D eigenvalue weighted by Gasteiger charge is 2.28. The van der Waals surface area contributed by atoms with Crippen LogP contribution >= 0.6 is 0 Å². The zero-order valence-electron chi connectivity index (χ0n) is 22.8. The van der Waals surface area contributed by atoms with E-state index in [0.29, 0.717) is 13.0 Å². The third-order valence-corrected chi connectivity index (χ3v) is 6.32. The van der Waals surface area contributed by atoms with Gasteiger partial charge in [0.1, 0.15) is 12.2 Å². The van der Waals surface area contributed by atoms with E-state index in [1.807, 2.05) is 0 Å². The van der Waals surface area contributed by atoms with Crippen LogP contribution < -0.4 is 0 Å². The Kier molecular flexibility index (Phi) is 25.4. The van der Waals surface area contributed by atoms with Crippen molar-refractivity contribution in [2.24, 2.45) is 0 Å². The Hall–Kier alpha value is -0.950. The van der Waals surface area contributed by atoms with E-state index in [1.54, 1.807) is 0 Å². The van der Waals surface area contributed by atoms with Crippen LogP contribution in [-0.4, -0.2) is 59.4 Å². The highest BCUT2D eigenvalue weighted by atomic mass is 16.6. The molecule has 0 aliphatic carbocycles. The minimum Gasteiger partial charge on any atom is -0.459 e. The predicted molar refractivity (Wildman–Crippen MR) is 143 cm³/mol. The molecule has 0 aromatic carbocycles. The predicted octanol–water partition coefficient (Wildman–Crippen LogP) is 6.25. The van der Waals surface area contributed by atoms with Gasteiger partial charge in [0.05, 0.1) is 19.3 Å². The number of esters is 1. The first-order valence-corrected chi connectivity index (χ1v) is 14.4. The molecule has 0 radical (unpaired) electrons. The number of ether oxygens (including phenoxy) is 2. The molecule has 3 unspecified atom stereocenters. The summed E-state index contributed by atoms with van der Waals surface area (Å²) < 4.78 is 11.3. The summed E-state index contributed by atoms with van der Waals surface area (Å²) >= 11 is 0. The SMILES string of the molecule is CCCCCCCC/C=C\CCCCCCCC(=O)OC(CC(O)CO)C(CO)OCCCCC. The molecule has 3 atom stereocenters. The van der Waals surface area contributed by atoms with Crippen molar-refractivity contribution in [2.75, 3.05) is 19.8 Å². The number of aliphatic hydroxyl groups excluding tert-OH is 3. The molecule has 6 nitrogen and oxygen atoms in total. The molecule has 0 heterocycles. The van der Waals surface area contributed by atoms with Gasteiger partial charge in [-0.15, -0.1) is 0 Å². The van der Waals surface area contributed by atoms with Crippen molar-refractivity contribution in [1.29, 1.82) is 0 Å². The van der Waals surface area contributed by atoms with Crippen LogP contribution in [0.2, 0.25) is 0 Å². The molecule has 35 heavy (non-hydrogen) atoms. The highest BCUT2D eigenvalue weighted by Crippen LogP contribution is 2.15. The smallest absolute Gasteiger partial charge is 0.306 e. The van der Waals surface area contributed by atoms with Crippen LogP contribution in [-0.2, 0) is 14.3 Å². The summed E-state index contributed by atoms with van der Waals surface area (Å²) in [6.07, 6.45) is 21.1. The zero-order valence-corrected chi connectivity index (χ0v) is 22.8. The molecule has 0 aliphatic heterocycles. The van der Waals surface area contributed by atoms with Gasteiger partial charge in [-0.25, -0.2) is 0 Å². The minimum atomic E-state index is -1.01. The van der Waals surface area contributed by atoms with E-state index >= 15 is 0 Å². The molecule has 0 saturated heterocycles. The Balaban J connectivity index is 3.98. The Bertz CT molecular complexity index is 482. The lowest BCUT2D eigenvalue weighted by Crippen LogP contribution is -2.39. The van der Waals surface area contributed by atoms with Crippen molar-refractivity contribution in [2.45, 2.75) is 148 Å². The maximum Gasteiger partial charge on any atom is 0.306 e. The monoisotopic (exact) mass is 500 g/mol. The maximum atomic E-state index is 12.3. The van der Waals surface area contributed by atoms with Gasteiger partial charge >= 0.3 is 5.97 Å². The van der Waals surface area contributed by atoms with E-state index in [1.165, 1.54) is 57.8 Å². The van der Waals surface area contributed by atoms with Crippen LogP contribution in [0.25, 0.3) is 0 Å². The molecule has 0 spiro atoms.